The molecule has 0 saturated heterocycles. The fourth-order valence-electron chi connectivity index (χ4n) is 3.73. The van der Waals surface area contributed by atoms with Gasteiger partial charge in [-0.15, -0.1) is 0 Å². The molecule has 1 aromatic carbocycles. The van der Waals surface area contributed by atoms with E-state index >= 15 is 0 Å². The molecule has 0 radical (unpaired) electrons. The van der Waals surface area contributed by atoms with Crippen molar-refractivity contribution in [2.24, 2.45) is 11.8 Å². The number of benzene rings is 1. The van der Waals surface area contributed by atoms with E-state index in [1.54, 1.807) is 30.3 Å². The molecule has 7 heteroatoms. The highest BCUT2D eigenvalue weighted by molar-refractivity contribution is 6.00. The van der Waals surface area contributed by atoms with Crippen molar-refractivity contribution in [1.82, 2.24) is 0 Å². The highest BCUT2D eigenvalue weighted by Crippen LogP contribution is 2.48. The van der Waals surface area contributed by atoms with Crippen LogP contribution in [0.4, 0.5) is 0 Å². The summed E-state index contributed by atoms with van der Waals surface area (Å²) >= 11 is 0. The van der Waals surface area contributed by atoms with Crippen LogP contribution in [0.1, 0.15) is 16.8 Å². The average Bonchev–Trinajstić information content (AvgIpc) is 2.69. The Hall–Kier alpha value is -2.51. The summed E-state index contributed by atoms with van der Waals surface area (Å²) in [6, 6.07) is 8.51. The van der Waals surface area contributed by atoms with E-state index in [0.29, 0.717) is 11.1 Å². The van der Waals surface area contributed by atoms with E-state index in [0.717, 1.165) is 0 Å². The maximum absolute atomic E-state index is 12.9. The summed E-state index contributed by atoms with van der Waals surface area (Å²) in [6.07, 6.45) is 1.02. The Morgan fingerprint density at radius 3 is 2.27 bits per heavy atom. The van der Waals surface area contributed by atoms with Crippen molar-refractivity contribution in [2.45, 2.75) is 18.3 Å². The van der Waals surface area contributed by atoms with Gasteiger partial charge in [-0.05, 0) is 18.6 Å². The van der Waals surface area contributed by atoms with Gasteiger partial charge in [-0.2, -0.15) is 0 Å². The van der Waals surface area contributed by atoms with Crippen molar-refractivity contribution in [1.29, 1.82) is 0 Å². The molecule has 1 aromatic rings. The Morgan fingerprint density at radius 1 is 1.04 bits per heavy atom. The Morgan fingerprint density at radius 2 is 1.69 bits per heavy atom. The summed E-state index contributed by atoms with van der Waals surface area (Å²) in [5, 5.41) is 0. The average molecular weight is 360 g/mol. The number of ether oxygens (including phenoxy) is 4. The van der Waals surface area contributed by atoms with Crippen LogP contribution >= 0.6 is 0 Å². The molecule has 1 fully saturated rings. The molecular weight excluding hydrogens is 340 g/mol. The summed E-state index contributed by atoms with van der Waals surface area (Å²) in [5.41, 5.74) is 0.691. The second-order valence-corrected chi connectivity index (χ2v) is 6.18. The maximum atomic E-state index is 12.9. The second kappa shape index (κ2) is 7.01. The summed E-state index contributed by atoms with van der Waals surface area (Å²) in [7, 11) is 3.96. The normalized spacial score (nSPS) is 26.2. The fraction of sp³-hybridized carbons (Fsp3) is 0.421. The lowest BCUT2D eigenvalue weighted by molar-refractivity contribution is -0.245. The van der Waals surface area contributed by atoms with Crippen molar-refractivity contribution < 1.29 is 33.3 Å². The molecule has 0 aliphatic heterocycles. The molecule has 2 bridgehead atoms. The molecule has 0 aromatic heterocycles. The number of rotatable bonds is 5. The predicted octanol–water partition coefficient (Wildman–Crippen LogP) is 1.52. The third kappa shape index (κ3) is 2.73. The van der Waals surface area contributed by atoms with Gasteiger partial charge in [0.15, 0.2) is 0 Å². The van der Waals surface area contributed by atoms with E-state index in [1.165, 1.54) is 27.4 Å². The first-order chi connectivity index (χ1) is 12.5. The summed E-state index contributed by atoms with van der Waals surface area (Å²) < 4.78 is 21.1. The van der Waals surface area contributed by atoms with Gasteiger partial charge in [0.25, 0.3) is 0 Å². The standard InChI is InChI=1S/C19H20O7/c1-23-18(22)12-9-13-15(26-17(21)11-7-5-4-6-8-11)10-14(12)19(24-2,25-3)16(13)20/h4-9,13-15H,10H2,1-3H3/t13-,14-,15+/m0/s1. The topological polar surface area (TPSA) is 88.1 Å². The molecule has 3 atom stereocenters. The van der Waals surface area contributed by atoms with E-state index in [9.17, 15) is 14.4 Å². The van der Waals surface area contributed by atoms with Gasteiger partial charge in [-0.25, -0.2) is 9.59 Å². The van der Waals surface area contributed by atoms with Gasteiger partial charge in [-0.3, -0.25) is 4.79 Å². The summed E-state index contributed by atoms with van der Waals surface area (Å²) in [5.74, 6) is -4.61. The number of esters is 2. The van der Waals surface area contributed by atoms with Gasteiger partial charge >= 0.3 is 11.9 Å². The highest BCUT2D eigenvalue weighted by atomic mass is 16.7. The lowest BCUT2D eigenvalue weighted by Crippen LogP contribution is -2.63. The van der Waals surface area contributed by atoms with Crippen LogP contribution in [0, 0.1) is 11.8 Å². The van der Waals surface area contributed by atoms with Gasteiger partial charge in [0.05, 0.1) is 24.5 Å². The van der Waals surface area contributed by atoms with Gasteiger partial charge < -0.3 is 18.9 Å². The molecule has 0 unspecified atom stereocenters. The number of methoxy groups -OCH3 is 3. The van der Waals surface area contributed by atoms with E-state index < -0.39 is 35.7 Å². The molecule has 0 heterocycles. The SMILES string of the molecule is COC(=O)C1=C[C@@H]2C(=O)C(OC)(OC)[C@H]1C[C@H]2OC(=O)c1ccccc1. The zero-order chi connectivity index (χ0) is 18.9. The first-order valence-electron chi connectivity index (χ1n) is 8.19. The molecule has 0 amide bonds. The number of hydrogen-bond acceptors (Lipinski definition) is 7. The largest absolute Gasteiger partial charge is 0.466 e. The maximum Gasteiger partial charge on any atom is 0.338 e. The molecule has 3 aliphatic carbocycles. The third-order valence-corrected chi connectivity index (χ3v) is 5.00. The van der Waals surface area contributed by atoms with Crippen molar-refractivity contribution in [2.75, 3.05) is 21.3 Å². The summed E-state index contributed by atoms with van der Waals surface area (Å²) in [6.45, 7) is 0. The van der Waals surface area contributed by atoms with Crippen LogP contribution in [0.3, 0.4) is 0 Å². The first-order valence-corrected chi connectivity index (χ1v) is 8.19. The molecule has 0 spiro atoms. The van der Waals surface area contributed by atoms with Gasteiger partial charge in [0, 0.05) is 19.8 Å². The zero-order valence-electron chi connectivity index (χ0n) is 14.8. The fourth-order valence-corrected chi connectivity index (χ4v) is 3.73. The van der Waals surface area contributed by atoms with Crippen LogP contribution in [0.15, 0.2) is 42.0 Å². The minimum atomic E-state index is -1.58. The Kier molecular flexibility index (Phi) is 4.93. The van der Waals surface area contributed by atoms with Gasteiger partial charge in [0.2, 0.25) is 11.6 Å². The first kappa shape index (κ1) is 18.3. The van der Waals surface area contributed by atoms with Crippen molar-refractivity contribution in [3.8, 4) is 0 Å². The van der Waals surface area contributed by atoms with Crippen molar-refractivity contribution in [3.63, 3.8) is 0 Å². The van der Waals surface area contributed by atoms with Gasteiger partial charge in [-0.1, -0.05) is 24.3 Å². The Bertz CT molecular complexity index is 748. The molecular formula is C19H20O7. The number of fused-ring (bicyclic) bond motifs is 2. The highest BCUT2D eigenvalue weighted by Gasteiger charge is 2.62. The van der Waals surface area contributed by atoms with Crippen LogP contribution in [0.25, 0.3) is 0 Å². The number of hydrogen-bond donors (Lipinski definition) is 0. The molecule has 7 nitrogen and oxygen atoms in total. The van der Waals surface area contributed by atoms with Crippen LogP contribution in [-0.4, -0.2) is 50.9 Å². The molecule has 138 valence electrons. The quantitative estimate of drug-likeness (QED) is 0.581. The van der Waals surface area contributed by atoms with Crippen molar-refractivity contribution >= 4 is 17.7 Å². The monoisotopic (exact) mass is 360 g/mol. The van der Waals surface area contributed by atoms with Crippen molar-refractivity contribution in [3.05, 3.63) is 47.5 Å². The predicted molar refractivity (Wildman–Crippen MR) is 89.1 cm³/mol. The minimum Gasteiger partial charge on any atom is -0.466 e. The Labute approximate surface area is 150 Å². The van der Waals surface area contributed by atoms with Crippen LogP contribution < -0.4 is 0 Å². The molecule has 26 heavy (non-hydrogen) atoms. The Balaban J connectivity index is 1.91. The molecule has 1 saturated carbocycles. The van der Waals surface area contributed by atoms with Crippen LogP contribution in [0.2, 0.25) is 0 Å². The third-order valence-electron chi connectivity index (χ3n) is 5.00. The molecule has 4 rings (SSSR count). The lowest BCUT2D eigenvalue weighted by atomic mass is 9.65. The van der Waals surface area contributed by atoms with E-state index in [-0.39, 0.29) is 12.2 Å². The molecule has 3 aliphatic rings. The smallest absolute Gasteiger partial charge is 0.338 e. The van der Waals surface area contributed by atoms with Crippen LogP contribution in [-0.2, 0) is 28.5 Å². The zero-order valence-corrected chi connectivity index (χ0v) is 14.8. The molecule has 0 N–H and O–H groups in total. The second-order valence-electron chi connectivity index (χ2n) is 6.18. The summed E-state index contributed by atoms with van der Waals surface area (Å²) in [4.78, 5) is 37.4. The van der Waals surface area contributed by atoms with Crippen LogP contribution in [0.5, 0.6) is 0 Å². The van der Waals surface area contributed by atoms with E-state index in [1.807, 2.05) is 0 Å². The van der Waals surface area contributed by atoms with Gasteiger partial charge in [0.1, 0.15) is 6.10 Å². The number of ketones is 1. The number of carbonyl (C=O) groups is 3. The lowest BCUT2D eigenvalue weighted by Gasteiger charge is -2.49. The van der Waals surface area contributed by atoms with E-state index in [2.05, 4.69) is 0 Å². The van der Waals surface area contributed by atoms with E-state index in [4.69, 9.17) is 18.9 Å². The minimum absolute atomic E-state index is 0.220. The number of Topliss-reactive ketones (excluding diaryl/α,β-unsaturated/α-hetero) is 1. The number of carbonyl (C=O) groups excluding carboxylic acids is 3.